The van der Waals surface area contributed by atoms with Gasteiger partial charge in [-0.3, -0.25) is 0 Å². The van der Waals surface area contributed by atoms with Crippen LogP contribution in [0.5, 0.6) is 0 Å². The standard InChI is InChI=1S/C5H5BrClNS/c6-4-2-1-3(9-4)5(7)8/h1-2,5H,8H2. The van der Waals surface area contributed by atoms with Gasteiger partial charge in [0.05, 0.1) is 3.79 Å². The van der Waals surface area contributed by atoms with Gasteiger partial charge < -0.3 is 5.73 Å². The third kappa shape index (κ3) is 1.93. The Kier molecular flexibility index (Phi) is 2.52. The average molecular weight is 227 g/mol. The molecule has 1 atom stereocenters. The van der Waals surface area contributed by atoms with Gasteiger partial charge in [0.2, 0.25) is 0 Å². The second-order valence-electron chi connectivity index (χ2n) is 1.54. The topological polar surface area (TPSA) is 26.0 Å². The van der Waals surface area contributed by atoms with Crippen LogP contribution in [0.3, 0.4) is 0 Å². The van der Waals surface area contributed by atoms with Crippen molar-refractivity contribution in [2.45, 2.75) is 5.50 Å². The highest BCUT2D eigenvalue weighted by atomic mass is 79.9. The van der Waals surface area contributed by atoms with Crippen LogP contribution >= 0.6 is 38.9 Å². The van der Waals surface area contributed by atoms with Crippen molar-refractivity contribution >= 4 is 38.9 Å². The number of hydrogen-bond donors (Lipinski definition) is 1. The van der Waals surface area contributed by atoms with Crippen LogP contribution in [0, 0.1) is 0 Å². The molecule has 0 aliphatic rings. The summed E-state index contributed by atoms with van der Waals surface area (Å²) >= 11 is 10.4. The maximum atomic E-state index is 5.58. The first-order chi connectivity index (χ1) is 4.20. The Morgan fingerprint density at radius 3 is 2.56 bits per heavy atom. The molecule has 1 aromatic heterocycles. The molecule has 0 bridgehead atoms. The van der Waals surface area contributed by atoms with E-state index in [0.29, 0.717) is 0 Å². The third-order valence-electron chi connectivity index (χ3n) is 0.866. The molecule has 0 saturated carbocycles. The Morgan fingerprint density at radius 2 is 2.33 bits per heavy atom. The van der Waals surface area contributed by atoms with E-state index in [0.717, 1.165) is 8.66 Å². The van der Waals surface area contributed by atoms with E-state index in [4.69, 9.17) is 17.3 Å². The van der Waals surface area contributed by atoms with E-state index < -0.39 is 0 Å². The first kappa shape index (κ1) is 7.54. The van der Waals surface area contributed by atoms with Crippen LogP contribution in [0.1, 0.15) is 10.4 Å². The summed E-state index contributed by atoms with van der Waals surface area (Å²) in [5, 5.41) is 0. The van der Waals surface area contributed by atoms with Gasteiger partial charge in [0.1, 0.15) is 5.50 Å². The molecule has 2 N–H and O–H groups in total. The molecule has 0 saturated heterocycles. The van der Waals surface area contributed by atoms with Crippen molar-refractivity contribution in [2.75, 3.05) is 0 Å². The Labute approximate surface area is 70.9 Å². The van der Waals surface area contributed by atoms with Gasteiger partial charge in [-0.05, 0) is 28.1 Å². The van der Waals surface area contributed by atoms with Gasteiger partial charge in [0.25, 0.3) is 0 Å². The van der Waals surface area contributed by atoms with Crippen LogP contribution < -0.4 is 5.73 Å². The molecule has 0 aliphatic heterocycles. The summed E-state index contributed by atoms with van der Waals surface area (Å²) in [5.74, 6) is 0. The third-order valence-corrected chi connectivity index (χ3v) is 2.94. The monoisotopic (exact) mass is 225 g/mol. The predicted octanol–water partition coefficient (Wildman–Crippen LogP) is 2.71. The summed E-state index contributed by atoms with van der Waals surface area (Å²) in [7, 11) is 0. The van der Waals surface area contributed by atoms with Crippen LogP contribution in [0.2, 0.25) is 0 Å². The quantitative estimate of drug-likeness (QED) is 0.578. The van der Waals surface area contributed by atoms with Gasteiger partial charge in [0, 0.05) is 4.88 Å². The lowest BCUT2D eigenvalue weighted by molar-refractivity contribution is 1.05. The first-order valence-corrected chi connectivity index (χ1v) is 4.39. The Bertz CT molecular complexity index is 199. The van der Waals surface area contributed by atoms with Crippen molar-refractivity contribution in [1.29, 1.82) is 0 Å². The fraction of sp³-hybridized carbons (Fsp3) is 0.200. The van der Waals surface area contributed by atoms with Crippen molar-refractivity contribution in [1.82, 2.24) is 0 Å². The van der Waals surface area contributed by atoms with E-state index in [1.54, 1.807) is 11.3 Å². The zero-order chi connectivity index (χ0) is 6.85. The minimum absolute atomic E-state index is 0.360. The van der Waals surface area contributed by atoms with E-state index in [-0.39, 0.29) is 5.50 Å². The summed E-state index contributed by atoms with van der Waals surface area (Å²) in [4.78, 5) is 0.989. The average Bonchev–Trinajstić information content (AvgIpc) is 2.14. The van der Waals surface area contributed by atoms with Gasteiger partial charge in [0.15, 0.2) is 0 Å². The normalized spacial score (nSPS) is 13.7. The molecule has 1 heterocycles. The van der Waals surface area contributed by atoms with E-state index >= 15 is 0 Å². The molecular formula is C5H5BrClNS. The number of rotatable bonds is 1. The largest absolute Gasteiger partial charge is 0.311 e. The van der Waals surface area contributed by atoms with Crippen LogP contribution in [0.15, 0.2) is 15.9 Å². The summed E-state index contributed by atoms with van der Waals surface area (Å²) in [6.07, 6.45) is 0. The summed E-state index contributed by atoms with van der Waals surface area (Å²) in [6, 6.07) is 3.84. The maximum Gasteiger partial charge on any atom is 0.115 e. The molecule has 0 fully saturated rings. The van der Waals surface area contributed by atoms with E-state index in [1.807, 2.05) is 12.1 Å². The second kappa shape index (κ2) is 3.01. The van der Waals surface area contributed by atoms with Crippen molar-refractivity contribution < 1.29 is 0 Å². The SMILES string of the molecule is NC(Cl)c1ccc(Br)s1. The molecular weight excluding hydrogens is 221 g/mol. The molecule has 0 spiro atoms. The molecule has 1 aromatic rings. The van der Waals surface area contributed by atoms with Crippen molar-refractivity contribution in [2.24, 2.45) is 5.73 Å². The van der Waals surface area contributed by atoms with Gasteiger partial charge in [-0.1, -0.05) is 11.6 Å². The number of alkyl halides is 1. The highest BCUT2D eigenvalue weighted by Gasteiger charge is 2.02. The van der Waals surface area contributed by atoms with Crippen molar-refractivity contribution in [3.63, 3.8) is 0 Å². The van der Waals surface area contributed by atoms with Crippen molar-refractivity contribution in [3.05, 3.63) is 20.8 Å². The van der Waals surface area contributed by atoms with E-state index in [1.165, 1.54) is 0 Å². The molecule has 4 heteroatoms. The van der Waals surface area contributed by atoms with Gasteiger partial charge in [-0.15, -0.1) is 11.3 Å². The lowest BCUT2D eigenvalue weighted by Gasteiger charge is -1.93. The summed E-state index contributed by atoms with van der Waals surface area (Å²) in [6.45, 7) is 0. The number of thiophene rings is 1. The fourth-order valence-corrected chi connectivity index (χ4v) is 1.99. The van der Waals surface area contributed by atoms with E-state index in [9.17, 15) is 0 Å². The number of hydrogen-bond acceptors (Lipinski definition) is 2. The van der Waals surface area contributed by atoms with E-state index in [2.05, 4.69) is 15.9 Å². The zero-order valence-corrected chi connectivity index (χ0v) is 7.63. The lowest BCUT2D eigenvalue weighted by atomic mass is 10.5. The minimum atomic E-state index is -0.360. The Morgan fingerprint density at radius 1 is 1.67 bits per heavy atom. The highest BCUT2D eigenvalue weighted by Crippen LogP contribution is 2.27. The Hall–Kier alpha value is 0.430. The first-order valence-electron chi connectivity index (χ1n) is 2.35. The van der Waals surface area contributed by atoms with Gasteiger partial charge in [-0.25, -0.2) is 0 Å². The van der Waals surface area contributed by atoms with Gasteiger partial charge >= 0.3 is 0 Å². The minimum Gasteiger partial charge on any atom is -0.311 e. The smallest absolute Gasteiger partial charge is 0.115 e. The molecule has 0 radical (unpaired) electrons. The molecule has 50 valence electrons. The van der Waals surface area contributed by atoms with Crippen molar-refractivity contribution in [3.8, 4) is 0 Å². The molecule has 0 aromatic carbocycles. The van der Waals surface area contributed by atoms with Crippen LogP contribution in [0.25, 0.3) is 0 Å². The molecule has 0 amide bonds. The molecule has 0 aliphatic carbocycles. The molecule has 1 nitrogen and oxygen atoms in total. The summed E-state index contributed by atoms with van der Waals surface area (Å²) in [5.41, 5.74) is 5.02. The number of halogens is 2. The molecule has 1 unspecified atom stereocenters. The van der Waals surface area contributed by atoms with Crippen LogP contribution in [0.4, 0.5) is 0 Å². The zero-order valence-electron chi connectivity index (χ0n) is 4.47. The summed E-state index contributed by atoms with van der Waals surface area (Å²) < 4.78 is 1.06. The molecule has 9 heavy (non-hydrogen) atoms. The van der Waals surface area contributed by atoms with Gasteiger partial charge in [-0.2, -0.15) is 0 Å². The highest BCUT2D eigenvalue weighted by molar-refractivity contribution is 9.11. The predicted molar refractivity (Wildman–Crippen MR) is 44.8 cm³/mol. The second-order valence-corrected chi connectivity index (χ2v) is 4.51. The molecule has 1 rings (SSSR count). The fourth-order valence-electron chi connectivity index (χ4n) is 0.476. The maximum absolute atomic E-state index is 5.58. The number of nitrogens with two attached hydrogens (primary N) is 1. The lowest BCUT2D eigenvalue weighted by Crippen LogP contribution is -1.98. The van der Waals surface area contributed by atoms with Crippen LogP contribution in [-0.2, 0) is 0 Å². The van der Waals surface area contributed by atoms with Crippen LogP contribution in [-0.4, -0.2) is 0 Å². The Balaban J connectivity index is 2.85.